The molecule has 0 heterocycles. The van der Waals surface area contributed by atoms with E-state index in [1.54, 1.807) is 0 Å². The van der Waals surface area contributed by atoms with Gasteiger partial charge in [0.2, 0.25) is 0 Å². The van der Waals surface area contributed by atoms with Crippen molar-refractivity contribution in [1.82, 2.24) is 5.32 Å². The second kappa shape index (κ2) is 5.69. The molecule has 0 amide bonds. The van der Waals surface area contributed by atoms with E-state index < -0.39 is 0 Å². The lowest BCUT2D eigenvalue weighted by Crippen LogP contribution is -2.15. The lowest BCUT2D eigenvalue weighted by Gasteiger charge is -2.05. The molecule has 0 bridgehead atoms. The predicted octanol–water partition coefficient (Wildman–Crippen LogP) is 3.88. The van der Waals surface area contributed by atoms with Crippen LogP contribution in [0.4, 0.5) is 0 Å². The summed E-state index contributed by atoms with van der Waals surface area (Å²) in [7, 11) is 0. The van der Waals surface area contributed by atoms with Crippen molar-refractivity contribution in [3.8, 4) is 0 Å². The maximum absolute atomic E-state index is 3.84. The Bertz CT molecular complexity index is 334. The summed E-state index contributed by atoms with van der Waals surface area (Å²) in [6, 6.07) is 6.25. The van der Waals surface area contributed by atoms with Crippen LogP contribution in [0.3, 0.4) is 0 Å². The molecule has 76 valence electrons. The third-order valence-electron chi connectivity index (χ3n) is 1.74. The molecule has 0 aromatic heterocycles. The molecule has 0 aliphatic rings. The average molecular weight is 319 g/mol. The molecule has 1 N–H and O–H groups in total. The lowest BCUT2D eigenvalue weighted by molar-refractivity contribution is 0.740. The molecule has 3 heteroatoms. The molecule has 0 spiro atoms. The fourth-order valence-electron chi connectivity index (χ4n) is 1.07. The first-order valence-corrected chi connectivity index (χ1v) is 5.97. The number of hydrogen-bond acceptors (Lipinski definition) is 1. The van der Waals surface area contributed by atoms with E-state index in [2.05, 4.69) is 55.9 Å². The highest BCUT2D eigenvalue weighted by Crippen LogP contribution is 2.23. The molecule has 0 atom stereocenters. The Labute approximate surface area is 102 Å². The van der Waals surface area contributed by atoms with E-state index in [0.29, 0.717) is 0 Å². The molecule has 0 unspecified atom stereocenters. The van der Waals surface area contributed by atoms with Gasteiger partial charge in [-0.2, -0.15) is 0 Å². The highest BCUT2D eigenvalue weighted by molar-refractivity contribution is 9.13. The summed E-state index contributed by atoms with van der Waals surface area (Å²) in [5.41, 5.74) is 2.42. The van der Waals surface area contributed by atoms with E-state index in [1.807, 2.05) is 13.0 Å². The molecule has 0 radical (unpaired) electrons. The summed E-state index contributed by atoms with van der Waals surface area (Å²) in [4.78, 5) is 0. The number of rotatable bonds is 4. The molecule has 1 aromatic carbocycles. The Hall–Kier alpha value is -0.120. The molecular weight excluding hydrogens is 306 g/mol. The van der Waals surface area contributed by atoms with Gasteiger partial charge in [-0.3, -0.25) is 0 Å². The predicted molar refractivity (Wildman–Crippen MR) is 68.4 cm³/mol. The van der Waals surface area contributed by atoms with Gasteiger partial charge >= 0.3 is 0 Å². The maximum Gasteiger partial charge on any atom is 0.0320 e. The lowest BCUT2D eigenvalue weighted by atomic mass is 10.2. The van der Waals surface area contributed by atoms with E-state index >= 15 is 0 Å². The van der Waals surface area contributed by atoms with Gasteiger partial charge in [0.15, 0.2) is 0 Å². The summed E-state index contributed by atoms with van der Waals surface area (Å²) in [5, 5.41) is 3.31. The first kappa shape index (κ1) is 12.0. The summed E-state index contributed by atoms with van der Waals surface area (Å²) >= 11 is 6.91. The van der Waals surface area contributed by atoms with Crippen LogP contribution < -0.4 is 5.32 Å². The van der Waals surface area contributed by atoms with Crippen molar-refractivity contribution in [3.05, 3.63) is 44.9 Å². The summed E-state index contributed by atoms with van der Waals surface area (Å²) < 4.78 is 2.17. The van der Waals surface area contributed by atoms with E-state index in [4.69, 9.17) is 0 Å². The van der Waals surface area contributed by atoms with Crippen molar-refractivity contribution >= 4 is 31.9 Å². The second-order valence-corrected chi connectivity index (χ2v) is 5.02. The standard InChI is InChI=1S/C11H13Br2N/c1-8(2)6-14-7-9-3-4-10(12)11(13)5-9/h3-5,14H,1,6-7H2,2H3. The molecule has 0 aliphatic heterocycles. The highest BCUT2D eigenvalue weighted by atomic mass is 79.9. The minimum Gasteiger partial charge on any atom is -0.309 e. The SMILES string of the molecule is C=C(C)CNCc1ccc(Br)c(Br)c1. The Morgan fingerprint density at radius 1 is 1.36 bits per heavy atom. The van der Waals surface area contributed by atoms with Gasteiger partial charge in [0.05, 0.1) is 0 Å². The quantitative estimate of drug-likeness (QED) is 0.831. The molecule has 0 saturated carbocycles. The zero-order valence-electron chi connectivity index (χ0n) is 8.11. The molecule has 1 nitrogen and oxygen atoms in total. The van der Waals surface area contributed by atoms with Crippen molar-refractivity contribution in [3.63, 3.8) is 0 Å². The number of benzene rings is 1. The monoisotopic (exact) mass is 317 g/mol. The van der Waals surface area contributed by atoms with Crippen LogP contribution in [0, 0.1) is 0 Å². The van der Waals surface area contributed by atoms with E-state index in [-0.39, 0.29) is 0 Å². The zero-order valence-corrected chi connectivity index (χ0v) is 11.3. The first-order valence-electron chi connectivity index (χ1n) is 4.38. The largest absolute Gasteiger partial charge is 0.309 e. The van der Waals surface area contributed by atoms with Crippen molar-refractivity contribution in [1.29, 1.82) is 0 Å². The third kappa shape index (κ3) is 3.95. The van der Waals surface area contributed by atoms with Gasteiger partial charge in [0, 0.05) is 22.0 Å². The van der Waals surface area contributed by atoms with Crippen LogP contribution >= 0.6 is 31.9 Å². The summed E-state index contributed by atoms with van der Waals surface area (Å²) in [6.45, 7) is 7.60. The van der Waals surface area contributed by atoms with E-state index in [0.717, 1.165) is 27.6 Å². The molecular formula is C11H13Br2N. The normalized spacial score (nSPS) is 10.2. The van der Waals surface area contributed by atoms with Gasteiger partial charge in [-0.25, -0.2) is 0 Å². The Balaban J connectivity index is 2.51. The Morgan fingerprint density at radius 2 is 2.07 bits per heavy atom. The number of halogens is 2. The van der Waals surface area contributed by atoms with Crippen molar-refractivity contribution < 1.29 is 0 Å². The highest BCUT2D eigenvalue weighted by Gasteiger charge is 1.98. The first-order chi connectivity index (χ1) is 6.59. The van der Waals surface area contributed by atoms with Crippen molar-refractivity contribution in [2.75, 3.05) is 6.54 Å². The second-order valence-electron chi connectivity index (χ2n) is 3.31. The van der Waals surface area contributed by atoms with Crippen LogP contribution in [-0.4, -0.2) is 6.54 Å². The average Bonchev–Trinajstić information content (AvgIpc) is 2.10. The minimum absolute atomic E-state index is 0.869. The molecule has 0 aliphatic carbocycles. The van der Waals surface area contributed by atoms with Gasteiger partial charge in [0.1, 0.15) is 0 Å². The van der Waals surface area contributed by atoms with Crippen LogP contribution in [0.25, 0.3) is 0 Å². The van der Waals surface area contributed by atoms with Crippen molar-refractivity contribution in [2.24, 2.45) is 0 Å². The fourth-order valence-corrected chi connectivity index (χ4v) is 1.74. The van der Waals surface area contributed by atoms with E-state index in [1.165, 1.54) is 5.56 Å². The molecule has 0 saturated heterocycles. The van der Waals surface area contributed by atoms with Crippen molar-refractivity contribution in [2.45, 2.75) is 13.5 Å². The van der Waals surface area contributed by atoms with Crippen LogP contribution in [-0.2, 0) is 6.54 Å². The summed E-state index contributed by atoms with van der Waals surface area (Å²) in [6.07, 6.45) is 0. The fraction of sp³-hybridized carbons (Fsp3) is 0.273. The van der Waals surface area contributed by atoms with Gasteiger partial charge < -0.3 is 5.32 Å². The topological polar surface area (TPSA) is 12.0 Å². The maximum atomic E-state index is 3.84. The van der Waals surface area contributed by atoms with Gasteiger partial charge in [0.25, 0.3) is 0 Å². The number of hydrogen-bond donors (Lipinski definition) is 1. The van der Waals surface area contributed by atoms with Crippen LogP contribution in [0.15, 0.2) is 39.3 Å². The summed E-state index contributed by atoms with van der Waals surface area (Å²) in [5.74, 6) is 0. The van der Waals surface area contributed by atoms with Gasteiger partial charge in [-0.1, -0.05) is 18.2 Å². The smallest absolute Gasteiger partial charge is 0.0320 e. The minimum atomic E-state index is 0.869. The van der Waals surface area contributed by atoms with Crippen LogP contribution in [0.5, 0.6) is 0 Å². The van der Waals surface area contributed by atoms with Gasteiger partial charge in [-0.15, -0.1) is 0 Å². The molecule has 1 rings (SSSR count). The molecule has 1 aromatic rings. The molecule has 14 heavy (non-hydrogen) atoms. The van der Waals surface area contributed by atoms with Gasteiger partial charge in [-0.05, 0) is 56.5 Å². The molecule has 0 fully saturated rings. The Morgan fingerprint density at radius 3 is 2.64 bits per heavy atom. The Kier molecular flexibility index (Phi) is 4.85. The zero-order chi connectivity index (χ0) is 10.6. The third-order valence-corrected chi connectivity index (χ3v) is 3.62. The van der Waals surface area contributed by atoms with Crippen LogP contribution in [0.2, 0.25) is 0 Å². The van der Waals surface area contributed by atoms with E-state index in [9.17, 15) is 0 Å². The number of nitrogens with one attached hydrogen (secondary N) is 1. The van der Waals surface area contributed by atoms with Crippen LogP contribution in [0.1, 0.15) is 12.5 Å².